The highest BCUT2D eigenvalue weighted by Gasteiger charge is 2.38. The van der Waals surface area contributed by atoms with Crippen LogP contribution >= 0.6 is 0 Å². The third-order valence-corrected chi connectivity index (χ3v) is 4.57. The van der Waals surface area contributed by atoms with Crippen molar-refractivity contribution in [2.24, 2.45) is 0 Å². The number of nitrogens with zero attached hydrogens (tertiary/aromatic N) is 1. The Bertz CT molecular complexity index is 449. The molecule has 2 atom stereocenters. The summed E-state index contributed by atoms with van der Waals surface area (Å²) in [7, 11) is 1.98. The Balaban J connectivity index is 1.93. The maximum absolute atomic E-state index is 14.0. The molecule has 2 aliphatic rings. The Hall–Kier alpha value is -1.16. The van der Waals surface area contributed by atoms with Crippen molar-refractivity contribution in [1.29, 1.82) is 0 Å². The van der Waals surface area contributed by atoms with E-state index in [-0.39, 0.29) is 11.6 Å². The van der Waals surface area contributed by atoms with Gasteiger partial charge >= 0.3 is 0 Å². The van der Waals surface area contributed by atoms with Gasteiger partial charge in [0.15, 0.2) is 0 Å². The van der Waals surface area contributed by atoms with Gasteiger partial charge in [-0.15, -0.1) is 0 Å². The van der Waals surface area contributed by atoms with Crippen LogP contribution in [0.4, 0.5) is 14.5 Å². The lowest BCUT2D eigenvalue weighted by atomic mass is 9.81. The minimum Gasteiger partial charge on any atom is -0.363 e. The fourth-order valence-electron chi connectivity index (χ4n) is 3.69. The zero-order chi connectivity index (χ0) is 13.4. The molecule has 2 unspecified atom stereocenters. The van der Waals surface area contributed by atoms with E-state index in [2.05, 4.69) is 10.2 Å². The van der Waals surface area contributed by atoms with Crippen LogP contribution in [0, 0.1) is 11.6 Å². The number of rotatable bonds is 2. The molecule has 3 rings (SSSR count). The van der Waals surface area contributed by atoms with E-state index in [0.29, 0.717) is 23.8 Å². The molecule has 1 N–H and O–H groups in total. The van der Waals surface area contributed by atoms with Crippen LogP contribution in [0.15, 0.2) is 18.2 Å². The van der Waals surface area contributed by atoms with Crippen molar-refractivity contribution in [3.63, 3.8) is 0 Å². The van der Waals surface area contributed by atoms with Crippen molar-refractivity contribution >= 4 is 5.69 Å². The summed E-state index contributed by atoms with van der Waals surface area (Å²) in [6.45, 7) is 0. The average molecular weight is 266 g/mol. The smallest absolute Gasteiger partial charge is 0.146 e. The molecule has 2 fully saturated rings. The van der Waals surface area contributed by atoms with Crippen LogP contribution in [0.25, 0.3) is 0 Å². The van der Waals surface area contributed by atoms with Crippen LogP contribution in [-0.2, 0) is 0 Å². The molecule has 0 saturated carbocycles. The molecule has 1 aromatic carbocycles. The third-order valence-electron chi connectivity index (χ3n) is 4.57. The Morgan fingerprint density at radius 1 is 1.16 bits per heavy atom. The number of halogens is 2. The second-order valence-electron chi connectivity index (χ2n) is 5.70. The van der Waals surface area contributed by atoms with Gasteiger partial charge in [0, 0.05) is 24.2 Å². The molecule has 1 aromatic rings. The molecule has 0 amide bonds. The van der Waals surface area contributed by atoms with E-state index in [1.807, 2.05) is 7.05 Å². The number of nitrogens with one attached hydrogen (secondary N) is 1. The van der Waals surface area contributed by atoms with E-state index in [1.54, 1.807) is 0 Å². The summed E-state index contributed by atoms with van der Waals surface area (Å²) < 4.78 is 27.4. The summed E-state index contributed by atoms with van der Waals surface area (Å²) in [5.74, 6) is -0.661. The van der Waals surface area contributed by atoms with Crippen molar-refractivity contribution in [2.45, 2.75) is 50.2 Å². The molecule has 2 bridgehead atoms. The SMILES string of the molecule is CNC1CC2CCCC(C1)N2c1cc(F)ccc1F. The monoisotopic (exact) mass is 266 g/mol. The molecular weight excluding hydrogens is 246 g/mol. The number of benzene rings is 1. The van der Waals surface area contributed by atoms with Gasteiger partial charge in [0.05, 0.1) is 5.69 Å². The first-order valence-electron chi connectivity index (χ1n) is 7.09. The lowest BCUT2D eigenvalue weighted by Crippen LogP contribution is -2.56. The molecule has 0 spiro atoms. The van der Waals surface area contributed by atoms with Crippen molar-refractivity contribution in [1.82, 2.24) is 5.32 Å². The van der Waals surface area contributed by atoms with E-state index in [0.717, 1.165) is 25.7 Å². The molecule has 2 nitrogen and oxygen atoms in total. The predicted octanol–water partition coefficient (Wildman–Crippen LogP) is 3.07. The molecule has 4 heteroatoms. The molecule has 0 aliphatic carbocycles. The second-order valence-corrected chi connectivity index (χ2v) is 5.70. The normalized spacial score (nSPS) is 30.5. The summed E-state index contributed by atoms with van der Waals surface area (Å²) in [4.78, 5) is 2.13. The average Bonchev–Trinajstić information content (AvgIpc) is 2.40. The maximum atomic E-state index is 14.0. The van der Waals surface area contributed by atoms with Crippen molar-refractivity contribution in [3.05, 3.63) is 29.8 Å². The molecule has 19 heavy (non-hydrogen) atoms. The quantitative estimate of drug-likeness (QED) is 0.885. The molecule has 0 radical (unpaired) electrons. The first-order chi connectivity index (χ1) is 9.19. The maximum Gasteiger partial charge on any atom is 0.146 e. The fourth-order valence-corrected chi connectivity index (χ4v) is 3.69. The van der Waals surface area contributed by atoms with Gasteiger partial charge < -0.3 is 10.2 Å². The number of piperidine rings is 2. The lowest BCUT2D eigenvalue weighted by molar-refractivity contribution is 0.250. The van der Waals surface area contributed by atoms with Crippen LogP contribution in [0.2, 0.25) is 0 Å². The zero-order valence-corrected chi connectivity index (χ0v) is 11.2. The Labute approximate surface area is 112 Å². The van der Waals surface area contributed by atoms with Crippen LogP contribution < -0.4 is 10.2 Å². The van der Waals surface area contributed by atoms with Crippen LogP contribution in [-0.4, -0.2) is 25.2 Å². The van der Waals surface area contributed by atoms with Crippen molar-refractivity contribution in [3.8, 4) is 0 Å². The number of fused-ring (bicyclic) bond motifs is 2. The standard InChI is InChI=1S/C15H20F2N2/c1-18-11-8-12-3-2-4-13(9-11)19(12)15-7-10(16)5-6-14(15)17/h5-7,11-13,18H,2-4,8-9H2,1H3. The molecule has 104 valence electrons. The Morgan fingerprint density at radius 2 is 1.84 bits per heavy atom. The number of hydrogen-bond acceptors (Lipinski definition) is 2. The first kappa shape index (κ1) is 12.9. The second kappa shape index (κ2) is 5.08. The topological polar surface area (TPSA) is 15.3 Å². The Morgan fingerprint density at radius 3 is 2.47 bits per heavy atom. The number of hydrogen-bond donors (Lipinski definition) is 1. The number of anilines is 1. The highest BCUT2D eigenvalue weighted by atomic mass is 19.1. The van der Waals surface area contributed by atoms with Crippen LogP contribution in [0.1, 0.15) is 32.1 Å². The van der Waals surface area contributed by atoms with Gasteiger partial charge in [-0.1, -0.05) is 0 Å². The minimum absolute atomic E-state index is 0.304. The first-order valence-corrected chi connectivity index (χ1v) is 7.09. The zero-order valence-electron chi connectivity index (χ0n) is 11.2. The van der Waals surface area contributed by atoms with Gasteiger partial charge in [-0.05, 0) is 51.3 Å². The highest BCUT2D eigenvalue weighted by molar-refractivity contribution is 5.51. The summed E-state index contributed by atoms with van der Waals surface area (Å²) in [5.41, 5.74) is 0.448. The molecule has 0 aromatic heterocycles. The van der Waals surface area contributed by atoms with Gasteiger partial charge in [-0.25, -0.2) is 8.78 Å². The van der Waals surface area contributed by atoms with Gasteiger partial charge in [-0.2, -0.15) is 0 Å². The molecular formula is C15H20F2N2. The summed E-state index contributed by atoms with van der Waals surface area (Å²) >= 11 is 0. The van der Waals surface area contributed by atoms with E-state index in [4.69, 9.17) is 0 Å². The molecule has 2 saturated heterocycles. The van der Waals surface area contributed by atoms with Gasteiger partial charge in [0.25, 0.3) is 0 Å². The Kier molecular flexibility index (Phi) is 3.44. The molecule has 2 heterocycles. The van der Waals surface area contributed by atoms with Gasteiger partial charge in [0.2, 0.25) is 0 Å². The largest absolute Gasteiger partial charge is 0.363 e. The van der Waals surface area contributed by atoms with E-state index < -0.39 is 0 Å². The minimum atomic E-state index is -0.356. The summed E-state index contributed by atoms with van der Waals surface area (Å²) in [5, 5.41) is 3.34. The van der Waals surface area contributed by atoms with Crippen LogP contribution in [0.3, 0.4) is 0 Å². The van der Waals surface area contributed by atoms with E-state index >= 15 is 0 Å². The van der Waals surface area contributed by atoms with Crippen LogP contribution in [0.5, 0.6) is 0 Å². The fraction of sp³-hybridized carbons (Fsp3) is 0.600. The van der Waals surface area contributed by atoms with E-state index in [1.165, 1.54) is 24.6 Å². The van der Waals surface area contributed by atoms with E-state index in [9.17, 15) is 8.78 Å². The molecule has 2 aliphatic heterocycles. The summed E-state index contributed by atoms with van der Waals surface area (Å²) in [6, 6.07) is 4.95. The van der Waals surface area contributed by atoms with Crippen molar-refractivity contribution in [2.75, 3.05) is 11.9 Å². The highest BCUT2D eigenvalue weighted by Crippen LogP contribution is 2.38. The lowest BCUT2D eigenvalue weighted by Gasteiger charge is -2.50. The van der Waals surface area contributed by atoms with Gasteiger partial charge in [0.1, 0.15) is 11.6 Å². The summed E-state index contributed by atoms with van der Waals surface area (Å²) in [6.07, 6.45) is 5.38. The predicted molar refractivity (Wildman–Crippen MR) is 72.3 cm³/mol. The third kappa shape index (κ3) is 2.34. The van der Waals surface area contributed by atoms with Crippen molar-refractivity contribution < 1.29 is 8.78 Å². The van der Waals surface area contributed by atoms with Gasteiger partial charge in [-0.3, -0.25) is 0 Å².